The van der Waals surface area contributed by atoms with E-state index < -0.39 is 0 Å². The van der Waals surface area contributed by atoms with Gasteiger partial charge in [-0.3, -0.25) is 0 Å². The lowest BCUT2D eigenvalue weighted by atomic mass is 9.79. The fourth-order valence-electron chi connectivity index (χ4n) is 2.80. The number of nitrogens with two attached hydrogens (primary N) is 1. The Morgan fingerprint density at radius 3 is 2.61 bits per heavy atom. The van der Waals surface area contributed by atoms with Crippen molar-refractivity contribution in [3.8, 4) is 0 Å². The molecule has 4 nitrogen and oxygen atoms in total. The van der Waals surface area contributed by atoms with Crippen LogP contribution in [0.1, 0.15) is 53.4 Å². The highest BCUT2D eigenvalue weighted by Crippen LogP contribution is 2.29. The molecule has 0 aromatic carbocycles. The Bertz CT molecular complexity index is 289. The van der Waals surface area contributed by atoms with Crippen molar-refractivity contribution in [2.75, 3.05) is 6.54 Å². The van der Waals surface area contributed by atoms with Gasteiger partial charge in [0.2, 0.25) is 0 Å². The molecule has 4 heteroatoms. The standard InChI is InChI=1S/C14H29N3O/c1-10-5-6-12(11(2)9-10)16-8-7-14(3,4)13(15)17-18/h10-12,16,18H,5-9H2,1-4H3,(H2,15,17). The van der Waals surface area contributed by atoms with E-state index in [-0.39, 0.29) is 5.41 Å². The van der Waals surface area contributed by atoms with Crippen LogP contribution in [0.15, 0.2) is 5.16 Å². The molecule has 0 bridgehead atoms. The van der Waals surface area contributed by atoms with Gasteiger partial charge in [0.15, 0.2) is 0 Å². The zero-order chi connectivity index (χ0) is 13.8. The van der Waals surface area contributed by atoms with Crippen LogP contribution in [0, 0.1) is 17.3 Å². The van der Waals surface area contributed by atoms with Gasteiger partial charge in [-0.05, 0) is 44.1 Å². The second-order valence-electron chi connectivity index (χ2n) is 6.58. The van der Waals surface area contributed by atoms with E-state index in [0.717, 1.165) is 24.8 Å². The Balaban J connectivity index is 2.34. The minimum Gasteiger partial charge on any atom is -0.409 e. The average molecular weight is 255 g/mol. The van der Waals surface area contributed by atoms with Gasteiger partial charge in [0.25, 0.3) is 0 Å². The molecule has 1 fully saturated rings. The summed E-state index contributed by atoms with van der Waals surface area (Å²) in [6.45, 7) is 9.62. The summed E-state index contributed by atoms with van der Waals surface area (Å²) in [5.74, 6) is 1.93. The van der Waals surface area contributed by atoms with Gasteiger partial charge in [0, 0.05) is 11.5 Å². The Morgan fingerprint density at radius 1 is 1.39 bits per heavy atom. The molecule has 1 rings (SSSR count). The Hall–Kier alpha value is -0.770. The number of rotatable bonds is 5. The lowest BCUT2D eigenvalue weighted by molar-refractivity contribution is 0.223. The zero-order valence-electron chi connectivity index (χ0n) is 12.2. The van der Waals surface area contributed by atoms with Crippen LogP contribution in [0.2, 0.25) is 0 Å². The van der Waals surface area contributed by atoms with Crippen LogP contribution in [0.25, 0.3) is 0 Å². The third-order valence-corrected chi connectivity index (χ3v) is 4.39. The molecule has 18 heavy (non-hydrogen) atoms. The molecule has 3 unspecified atom stereocenters. The molecule has 1 aliphatic rings. The maximum Gasteiger partial charge on any atom is 0.144 e. The van der Waals surface area contributed by atoms with Crippen molar-refractivity contribution < 1.29 is 5.21 Å². The summed E-state index contributed by atoms with van der Waals surface area (Å²) in [7, 11) is 0. The van der Waals surface area contributed by atoms with E-state index in [1.165, 1.54) is 19.3 Å². The lowest BCUT2D eigenvalue weighted by Gasteiger charge is -2.34. The van der Waals surface area contributed by atoms with E-state index in [4.69, 9.17) is 10.9 Å². The first-order chi connectivity index (χ1) is 8.36. The summed E-state index contributed by atoms with van der Waals surface area (Å²) >= 11 is 0. The van der Waals surface area contributed by atoms with Gasteiger partial charge in [0.05, 0.1) is 0 Å². The summed E-state index contributed by atoms with van der Waals surface area (Å²) in [5.41, 5.74) is 5.44. The maximum absolute atomic E-state index is 8.73. The van der Waals surface area contributed by atoms with Gasteiger partial charge < -0.3 is 16.3 Å². The Kier molecular flexibility index (Phi) is 5.45. The Morgan fingerprint density at radius 2 is 2.06 bits per heavy atom. The fraction of sp³-hybridized carbons (Fsp3) is 0.929. The first-order valence-electron chi connectivity index (χ1n) is 7.08. The second-order valence-corrected chi connectivity index (χ2v) is 6.58. The summed E-state index contributed by atoms with van der Waals surface area (Å²) in [6, 6.07) is 0.629. The molecule has 0 saturated heterocycles. The molecule has 3 atom stereocenters. The summed E-state index contributed by atoms with van der Waals surface area (Å²) in [5, 5.41) is 15.5. The van der Waals surface area contributed by atoms with Crippen LogP contribution in [-0.4, -0.2) is 23.6 Å². The van der Waals surface area contributed by atoms with Gasteiger partial charge in [0.1, 0.15) is 5.84 Å². The van der Waals surface area contributed by atoms with Gasteiger partial charge in [-0.25, -0.2) is 0 Å². The maximum atomic E-state index is 8.73. The highest BCUT2D eigenvalue weighted by molar-refractivity contribution is 5.85. The molecular weight excluding hydrogens is 226 g/mol. The van der Waals surface area contributed by atoms with Crippen molar-refractivity contribution in [1.29, 1.82) is 0 Å². The molecular formula is C14H29N3O. The quantitative estimate of drug-likeness (QED) is 0.306. The molecule has 1 saturated carbocycles. The first-order valence-corrected chi connectivity index (χ1v) is 7.08. The van der Waals surface area contributed by atoms with Crippen molar-refractivity contribution >= 4 is 5.84 Å². The van der Waals surface area contributed by atoms with Crippen LogP contribution < -0.4 is 11.1 Å². The minimum absolute atomic E-state index is 0.243. The molecule has 0 aromatic heterocycles. The molecule has 1 aliphatic carbocycles. The van der Waals surface area contributed by atoms with E-state index in [1.807, 2.05) is 13.8 Å². The van der Waals surface area contributed by atoms with E-state index >= 15 is 0 Å². The van der Waals surface area contributed by atoms with Crippen molar-refractivity contribution in [1.82, 2.24) is 5.32 Å². The minimum atomic E-state index is -0.243. The third-order valence-electron chi connectivity index (χ3n) is 4.39. The molecule has 0 radical (unpaired) electrons. The Labute approximate surface area is 111 Å². The highest BCUT2D eigenvalue weighted by Gasteiger charge is 2.27. The van der Waals surface area contributed by atoms with Gasteiger partial charge in [-0.15, -0.1) is 0 Å². The van der Waals surface area contributed by atoms with Crippen molar-refractivity contribution in [2.24, 2.45) is 28.1 Å². The largest absolute Gasteiger partial charge is 0.409 e. The predicted octanol–water partition coefficient (Wildman–Crippen LogP) is 2.56. The van der Waals surface area contributed by atoms with Crippen molar-refractivity contribution in [3.63, 3.8) is 0 Å². The number of amidine groups is 1. The highest BCUT2D eigenvalue weighted by atomic mass is 16.4. The van der Waals surface area contributed by atoms with E-state index in [9.17, 15) is 0 Å². The molecule has 0 spiro atoms. The number of hydrogen-bond donors (Lipinski definition) is 3. The summed E-state index contributed by atoms with van der Waals surface area (Å²) in [4.78, 5) is 0. The van der Waals surface area contributed by atoms with Crippen molar-refractivity contribution in [2.45, 2.75) is 59.4 Å². The van der Waals surface area contributed by atoms with Crippen molar-refractivity contribution in [3.05, 3.63) is 0 Å². The number of oxime groups is 1. The molecule has 0 amide bonds. The summed E-state index contributed by atoms with van der Waals surface area (Å²) in [6.07, 6.45) is 4.81. The smallest absolute Gasteiger partial charge is 0.144 e. The number of hydrogen-bond acceptors (Lipinski definition) is 3. The zero-order valence-corrected chi connectivity index (χ0v) is 12.2. The summed E-state index contributed by atoms with van der Waals surface area (Å²) < 4.78 is 0. The second kappa shape index (κ2) is 6.41. The monoisotopic (exact) mass is 255 g/mol. The van der Waals surface area contributed by atoms with E-state index in [2.05, 4.69) is 24.3 Å². The number of nitrogens with zero attached hydrogens (tertiary/aromatic N) is 1. The van der Waals surface area contributed by atoms with Crippen LogP contribution in [0.5, 0.6) is 0 Å². The molecule has 4 N–H and O–H groups in total. The lowest BCUT2D eigenvalue weighted by Crippen LogP contribution is -2.42. The van der Waals surface area contributed by atoms with Gasteiger partial charge in [-0.2, -0.15) is 0 Å². The van der Waals surface area contributed by atoms with Crippen LogP contribution in [-0.2, 0) is 0 Å². The third kappa shape index (κ3) is 4.16. The normalized spacial score (nSPS) is 30.4. The molecule has 106 valence electrons. The van der Waals surface area contributed by atoms with Crippen LogP contribution in [0.3, 0.4) is 0 Å². The van der Waals surface area contributed by atoms with Crippen LogP contribution >= 0.6 is 0 Å². The van der Waals surface area contributed by atoms with E-state index in [0.29, 0.717) is 11.9 Å². The first kappa shape index (κ1) is 15.3. The van der Waals surface area contributed by atoms with Gasteiger partial charge in [-0.1, -0.05) is 32.9 Å². The SMILES string of the molecule is CC1CCC(NCCC(C)(C)C(N)=NO)C(C)C1. The predicted molar refractivity (Wildman–Crippen MR) is 75.8 cm³/mol. The molecule has 0 aromatic rings. The topological polar surface area (TPSA) is 70.6 Å². The van der Waals surface area contributed by atoms with Gasteiger partial charge >= 0.3 is 0 Å². The molecule has 0 aliphatic heterocycles. The average Bonchev–Trinajstić information content (AvgIpc) is 2.30. The number of nitrogens with one attached hydrogen (secondary N) is 1. The van der Waals surface area contributed by atoms with E-state index in [1.54, 1.807) is 0 Å². The fourth-order valence-corrected chi connectivity index (χ4v) is 2.80. The van der Waals surface area contributed by atoms with Crippen LogP contribution in [0.4, 0.5) is 0 Å². The molecule has 0 heterocycles.